The van der Waals surface area contributed by atoms with Crippen LogP contribution in [0.2, 0.25) is 0 Å². The molecule has 0 spiro atoms. The number of fused-ring (bicyclic) bond motifs is 4. The average Bonchev–Trinajstić information content (AvgIpc) is 3.07. The summed E-state index contributed by atoms with van der Waals surface area (Å²) in [5.74, 6) is 1.66. The van der Waals surface area contributed by atoms with Crippen molar-refractivity contribution in [3.05, 3.63) is 11.1 Å². The Morgan fingerprint density at radius 3 is 2.27 bits per heavy atom. The third-order valence-corrected chi connectivity index (χ3v) is 12.2. The molecule has 4 aliphatic rings. The number of aliphatic carboxylic acids is 1. The second-order valence-corrected chi connectivity index (χ2v) is 14.2. The zero-order chi connectivity index (χ0) is 24.6. The van der Waals surface area contributed by atoms with E-state index >= 15 is 0 Å². The van der Waals surface area contributed by atoms with E-state index in [4.69, 9.17) is 0 Å². The molecule has 0 aliphatic heterocycles. The maximum Gasteiger partial charge on any atom is 0.304 e. The Labute approximate surface area is 202 Å². The van der Waals surface area contributed by atoms with Gasteiger partial charge in [0, 0.05) is 10.8 Å². The van der Waals surface area contributed by atoms with Crippen molar-refractivity contribution >= 4 is 12.3 Å². The van der Waals surface area contributed by atoms with E-state index in [-0.39, 0.29) is 23.2 Å². The van der Waals surface area contributed by atoms with E-state index in [1.807, 2.05) is 13.8 Å². The molecule has 1 N–H and O–H groups in total. The van der Waals surface area contributed by atoms with E-state index in [1.165, 1.54) is 31.3 Å². The summed E-state index contributed by atoms with van der Waals surface area (Å²) >= 11 is 0. The smallest absolute Gasteiger partial charge is 0.304 e. The number of carbonyl (C=O) groups is 2. The lowest BCUT2D eigenvalue weighted by molar-refractivity contribution is -0.143. The molecule has 2 fully saturated rings. The molecule has 0 bridgehead atoms. The number of carboxylic acids is 1. The van der Waals surface area contributed by atoms with Gasteiger partial charge in [0.05, 0.1) is 6.42 Å². The molecule has 0 saturated heterocycles. The molecule has 0 heterocycles. The van der Waals surface area contributed by atoms with Gasteiger partial charge >= 0.3 is 5.97 Å². The first-order valence-corrected chi connectivity index (χ1v) is 13.6. The van der Waals surface area contributed by atoms with E-state index in [2.05, 4.69) is 41.5 Å². The second kappa shape index (κ2) is 7.69. The predicted molar refractivity (Wildman–Crippen MR) is 134 cm³/mol. The number of allylic oxidation sites excluding steroid dienone is 2. The van der Waals surface area contributed by atoms with Crippen molar-refractivity contribution in [2.75, 3.05) is 0 Å². The Morgan fingerprint density at radius 2 is 1.70 bits per heavy atom. The maximum atomic E-state index is 12.1. The highest BCUT2D eigenvalue weighted by Crippen LogP contribution is 2.75. The molecule has 3 nitrogen and oxygen atoms in total. The average molecular weight is 457 g/mol. The highest BCUT2D eigenvalue weighted by molar-refractivity contribution is 5.69. The van der Waals surface area contributed by atoms with Crippen LogP contribution in [-0.2, 0) is 9.59 Å². The molecule has 0 aromatic heterocycles. The fourth-order valence-electron chi connectivity index (χ4n) is 10.5. The minimum absolute atomic E-state index is 0.0796. The van der Waals surface area contributed by atoms with Crippen LogP contribution < -0.4 is 0 Å². The Bertz CT molecular complexity index is 868. The summed E-state index contributed by atoms with van der Waals surface area (Å²) < 4.78 is 0. The van der Waals surface area contributed by atoms with Crippen molar-refractivity contribution in [2.45, 2.75) is 113 Å². The molecular weight excluding hydrogens is 408 g/mol. The number of rotatable bonds is 5. The van der Waals surface area contributed by atoms with Gasteiger partial charge < -0.3 is 9.90 Å². The molecule has 0 unspecified atom stereocenters. The molecule has 0 aromatic rings. The summed E-state index contributed by atoms with van der Waals surface area (Å²) in [4.78, 5) is 24.2. The van der Waals surface area contributed by atoms with Crippen LogP contribution in [-0.4, -0.2) is 17.4 Å². The predicted octanol–water partition coefficient (Wildman–Crippen LogP) is 7.69. The fraction of sp³-hybridized carbons (Fsp3) is 0.867. The van der Waals surface area contributed by atoms with Crippen LogP contribution in [0.5, 0.6) is 0 Å². The Balaban J connectivity index is 1.82. The summed E-state index contributed by atoms with van der Waals surface area (Å²) in [5.41, 5.74) is 2.91. The first-order chi connectivity index (χ1) is 15.2. The molecule has 7 atom stereocenters. The summed E-state index contributed by atoms with van der Waals surface area (Å²) in [6, 6.07) is 0. The highest BCUT2D eigenvalue weighted by Gasteiger charge is 2.66. The second-order valence-electron chi connectivity index (χ2n) is 14.2. The van der Waals surface area contributed by atoms with Gasteiger partial charge in [-0.15, -0.1) is 0 Å². The topological polar surface area (TPSA) is 54.4 Å². The summed E-state index contributed by atoms with van der Waals surface area (Å²) in [6.45, 7) is 18.8. The van der Waals surface area contributed by atoms with Gasteiger partial charge in [-0.05, 0) is 91.3 Å². The van der Waals surface area contributed by atoms with E-state index in [0.717, 1.165) is 49.7 Å². The van der Waals surface area contributed by atoms with Gasteiger partial charge in [-0.3, -0.25) is 4.79 Å². The SMILES string of the molecule is CC(C)[C@H]1CC[C@@H]2[C@]1(C)CC[C@]1(C)C3=C(CC[C@@]21C)[C@@](C)(CC(=O)O)[C@H](C(C)(C)C=O)CC3. The molecule has 0 radical (unpaired) electrons. The van der Waals surface area contributed by atoms with Gasteiger partial charge in [0.15, 0.2) is 0 Å². The van der Waals surface area contributed by atoms with Crippen molar-refractivity contribution in [2.24, 2.45) is 50.7 Å². The molecule has 4 rings (SSSR count). The highest BCUT2D eigenvalue weighted by atomic mass is 16.4. The van der Waals surface area contributed by atoms with Crippen LogP contribution in [0.15, 0.2) is 11.1 Å². The lowest BCUT2D eigenvalue weighted by Gasteiger charge is -2.66. The molecule has 33 heavy (non-hydrogen) atoms. The number of carbonyl (C=O) groups excluding carboxylic acids is 1. The van der Waals surface area contributed by atoms with Crippen molar-refractivity contribution < 1.29 is 14.7 Å². The quantitative estimate of drug-likeness (QED) is 0.341. The lowest BCUT2D eigenvalue weighted by Crippen LogP contribution is -2.58. The first-order valence-electron chi connectivity index (χ1n) is 13.6. The van der Waals surface area contributed by atoms with Crippen molar-refractivity contribution in [3.8, 4) is 0 Å². The van der Waals surface area contributed by atoms with Crippen molar-refractivity contribution in [3.63, 3.8) is 0 Å². The first kappa shape index (κ1) is 25.0. The largest absolute Gasteiger partial charge is 0.481 e. The van der Waals surface area contributed by atoms with Crippen LogP contribution in [0.1, 0.15) is 113 Å². The van der Waals surface area contributed by atoms with Crippen LogP contribution in [0.25, 0.3) is 0 Å². The minimum atomic E-state index is -0.733. The van der Waals surface area contributed by atoms with Gasteiger partial charge in [0.1, 0.15) is 6.29 Å². The third kappa shape index (κ3) is 3.26. The van der Waals surface area contributed by atoms with E-state index in [1.54, 1.807) is 5.57 Å². The number of hydrogen-bond acceptors (Lipinski definition) is 2. The normalized spacial score (nSPS) is 45.4. The maximum absolute atomic E-state index is 12.1. The van der Waals surface area contributed by atoms with Crippen LogP contribution in [0.4, 0.5) is 0 Å². The monoisotopic (exact) mass is 456 g/mol. The molecule has 4 aliphatic carbocycles. The number of carboxylic acid groups (broad SMARTS) is 1. The minimum Gasteiger partial charge on any atom is -0.481 e. The molecule has 3 heteroatoms. The fourth-order valence-corrected chi connectivity index (χ4v) is 10.5. The molecule has 0 aromatic carbocycles. The summed E-state index contributed by atoms with van der Waals surface area (Å²) in [7, 11) is 0. The van der Waals surface area contributed by atoms with Crippen LogP contribution in [0, 0.1) is 50.7 Å². The van der Waals surface area contributed by atoms with Gasteiger partial charge in [-0.25, -0.2) is 0 Å². The Hall–Kier alpha value is -1.12. The molecule has 0 amide bonds. The zero-order valence-corrected chi connectivity index (χ0v) is 22.5. The van der Waals surface area contributed by atoms with Gasteiger partial charge in [-0.1, -0.05) is 66.5 Å². The Morgan fingerprint density at radius 1 is 1.03 bits per heavy atom. The van der Waals surface area contributed by atoms with E-state index in [9.17, 15) is 14.7 Å². The van der Waals surface area contributed by atoms with Crippen molar-refractivity contribution in [1.82, 2.24) is 0 Å². The molecule has 186 valence electrons. The summed E-state index contributed by atoms with van der Waals surface area (Å²) in [5, 5.41) is 9.95. The van der Waals surface area contributed by atoms with Gasteiger partial charge in [0.25, 0.3) is 0 Å². The molecule has 2 saturated carbocycles. The van der Waals surface area contributed by atoms with E-state index in [0.29, 0.717) is 5.41 Å². The zero-order valence-electron chi connectivity index (χ0n) is 22.5. The third-order valence-electron chi connectivity index (χ3n) is 12.2. The van der Waals surface area contributed by atoms with Gasteiger partial charge in [-0.2, -0.15) is 0 Å². The standard InChI is InChI=1S/C30H48O3/c1-19(2)20-9-12-24-27(20,5)15-16-29(7)22-10-11-23(26(3,4)18-31)28(6,17-25(32)33)21(22)13-14-30(24,29)8/h18-20,23-24H,9-17H2,1-8H3,(H,32,33)/t20-,23+,24-,27-,28-,29-,30+/m1/s1. The number of hydrogen-bond donors (Lipinski definition) is 1. The van der Waals surface area contributed by atoms with Crippen LogP contribution in [0.3, 0.4) is 0 Å². The van der Waals surface area contributed by atoms with Crippen molar-refractivity contribution in [1.29, 1.82) is 0 Å². The lowest BCUT2D eigenvalue weighted by atomic mass is 9.38. The Kier molecular flexibility index (Phi) is 5.82. The van der Waals surface area contributed by atoms with E-state index < -0.39 is 16.8 Å². The summed E-state index contributed by atoms with van der Waals surface area (Å²) in [6.07, 6.45) is 10.6. The molecular formula is C30H48O3. The number of aldehydes is 1. The van der Waals surface area contributed by atoms with Gasteiger partial charge in [0.2, 0.25) is 0 Å². The van der Waals surface area contributed by atoms with Crippen LogP contribution >= 0.6 is 0 Å².